The van der Waals surface area contributed by atoms with E-state index in [1.165, 1.54) is 5.56 Å². The van der Waals surface area contributed by atoms with Crippen molar-refractivity contribution in [3.05, 3.63) is 64.2 Å². The molecule has 1 heterocycles. The van der Waals surface area contributed by atoms with Crippen LogP contribution in [0.15, 0.2) is 42.5 Å². The van der Waals surface area contributed by atoms with Crippen LogP contribution in [0.4, 0.5) is 5.69 Å². The lowest BCUT2D eigenvalue weighted by molar-refractivity contribution is 0.177. The maximum absolute atomic E-state index is 8.88. The summed E-state index contributed by atoms with van der Waals surface area (Å²) in [6, 6.07) is 15.8. The summed E-state index contributed by atoms with van der Waals surface area (Å²) in [6.45, 7) is 6.58. The lowest BCUT2D eigenvalue weighted by atomic mass is 10.1. The Morgan fingerprint density at radius 2 is 1.85 bits per heavy atom. The van der Waals surface area contributed by atoms with Crippen LogP contribution in [-0.4, -0.2) is 41.1 Å². The second-order valence-electron chi connectivity index (χ2n) is 6.41. The molecule has 26 heavy (non-hydrogen) atoms. The molecule has 2 aromatic carbocycles. The van der Waals surface area contributed by atoms with Crippen LogP contribution < -0.4 is 5.32 Å². The third-order valence-electron chi connectivity index (χ3n) is 4.66. The topological polar surface area (TPSA) is 42.3 Å². The molecule has 0 atom stereocenters. The number of hydrogen-bond acceptors (Lipinski definition) is 3. The first-order valence-corrected chi connectivity index (χ1v) is 9.38. The van der Waals surface area contributed by atoms with Crippen LogP contribution >= 0.6 is 23.8 Å². The van der Waals surface area contributed by atoms with Crippen molar-refractivity contribution in [2.75, 3.05) is 31.5 Å². The molecular formula is C20H21ClN4S. The molecule has 0 spiro atoms. The van der Waals surface area contributed by atoms with Gasteiger partial charge in [0.2, 0.25) is 0 Å². The Bertz CT molecular complexity index is 821. The number of halogens is 1. The van der Waals surface area contributed by atoms with Gasteiger partial charge in [0.05, 0.1) is 11.6 Å². The van der Waals surface area contributed by atoms with Crippen molar-refractivity contribution in [2.24, 2.45) is 0 Å². The normalized spacial score (nSPS) is 14.7. The van der Waals surface area contributed by atoms with Crippen molar-refractivity contribution in [3.63, 3.8) is 0 Å². The first kappa shape index (κ1) is 18.7. The second-order valence-corrected chi connectivity index (χ2v) is 7.21. The minimum absolute atomic E-state index is 0.700. The van der Waals surface area contributed by atoms with E-state index < -0.39 is 0 Å². The van der Waals surface area contributed by atoms with Gasteiger partial charge < -0.3 is 10.2 Å². The van der Waals surface area contributed by atoms with E-state index in [2.05, 4.69) is 21.2 Å². The molecule has 1 aliphatic rings. The third-order valence-corrected chi connectivity index (χ3v) is 5.43. The van der Waals surface area contributed by atoms with Crippen LogP contribution in [0.1, 0.15) is 16.7 Å². The van der Waals surface area contributed by atoms with Crippen molar-refractivity contribution in [1.29, 1.82) is 5.26 Å². The summed E-state index contributed by atoms with van der Waals surface area (Å²) in [7, 11) is 0. The van der Waals surface area contributed by atoms with Gasteiger partial charge in [-0.2, -0.15) is 5.26 Å². The molecule has 3 rings (SSSR count). The van der Waals surface area contributed by atoms with Crippen molar-refractivity contribution in [1.82, 2.24) is 9.80 Å². The van der Waals surface area contributed by atoms with E-state index in [9.17, 15) is 0 Å². The lowest BCUT2D eigenvalue weighted by Crippen LogP contribution is -2.49. The zero-order chi connectivity index (χ0) is 18.5. The number of thiocarbonyl (C=S) groups is 1. The molecule has 0 bridgehead atoms. The Kier molecular flexibility index (Phi) is 6.10. The average Bonchev–Trinajstić information content (AvgIpc) is 2.66. The van der Waals surface area contributed by atoms with Gasteiger partial charge in [0.25, 0.3) is 0 Å². The number of benzene rings is 2. The molecule has 0 saturated carbocycles. The van der Waals surface area contributed by atoms with Gasteiger partial charge in [-0.05, 0) is 54.5 Å². The number of rotatable bonds is 3. The number of hydrogen-bond donors (Lipinski definition) is 1. The summed E-state index contributed by atoms with van der Waals surface area (Å²) in [4.78, 5) is 4.61. The molecule has 0 aromatic heterocycles. The zero-order valence-corrected chi connectivity index (χ0v) is 16.3. The highest BCUT2D eigenvalue weighted by Crippen LogP contribution is 2.23. The fraction of sp³-hybridized carbons (Fsp3) is 0.300. The largest absolute Gasteiger partial charge is 0.346 e. The third kappa shape index (κ3) is 4.53. The zero-order valence-electron chi connectivity index (χ0n) is 14.7. The summed E-state index contributed by atoms with van der Waals surface area (Å²) in [5, 5.41) is 13.7. The number of nitriles is 1. The molecule has 1 aliphatic heterocycles. The van der Waals surface area contributed by atoms with E-state index in [1.54, 1.807) is 0 Å². The average molecular weight is 385 g/mol. The number of anilines is 1. The Morgan fingerprint density at radius 1 is 1.15 bits per heavy atom. The van der Waals surface area contributed by atoms with Gasteiger partial charge >= 0.3 is 0 Å². The minimum Gasteiger partial charge on any atom is -0.346 e. The summed E-state index contributed by atoms with van der Waals surface area (Å²) in [5.41, 5.74) is 3.90. The van der Waals surface area contributed by atoms with Crippen LogP contribution in [-0.2, 0) is 6.54 Å². The van der Waals surface area contributed by atoms with Gasteiger partial charge in [-0.3, -0.25) is 4.90 Å². The molecule has 0 aliphatic carbocycles. The summed E-state index contributed by atoms with van der Waals surface area (Å²) < 4.78 is 0. The first-order valence-electron chi connectivity index (χ1n) is 8.59. The molecule has 1 fully saturated rings. The molecule has 4 nitrogen and oxygen atoms in total. The summed E-state index contributed by atoms with van der Waals surface area (Å²) in [5.74, 6) is 0. The quantitative estimate of drug-likeness (QED) is 0.809. The van der Waals surface area contributed by atoms with Gasteiger partial charge in [0.15, 0.2) is 5.11 Å². The van der Waals surface area contributed by atoms with Crippen molar-refractivity contribution < 1.29 is 0 Å². The summed E-state index contributed by atoms with van der Waals surface area (Å²) >= 11 is 11.8. The number of piperazine rings is 1. The first-order chi connectivity index (χ1) is 12.6. The smallest absolute Gasteiger partial charge is 0.173 e. The van der Waals surface area contributed by atoms with Crippen LogP contribution in [0.2, 0.25) is 5.02 Å². The Labute approximate surface area is 165 Å². The lowest BCUT2D eigenvalue weighted by Gasteiger charge is -2.36. The van der Waals surface area contributed by atoms with E-state index in [0.717, 1.165) is 54.1 Å². The predicted molar refractivity (Wildman–Crippen MR) is 110 cm³/mol. The molecule has 0 radical (unpaired) electrons. The molecule has 0 amide bonds. The van der Waals surface area contributed by atoms with Crippen LogP contribution in [0.3, 0.4) is 0 Å². The van der Waals surface area contributed by atoms with Gasteiger partial charge in [-0.15, -0.1) is 0 Å². The van der Waals surface area contributed by atoms with Crippen LogP contribution in [0.5, 0.6) is 0 Å². The van der Waals surface area contributed by atoms with E-state index >= 15 is 0 Å². The van der Waals surface area contributed by atoms with Crippen molar-refractivity contribution in [2.45, 2.75) is 13.5 Å². The fourth-order valence-electron chi connectivity index (χ4n) is 2.99. The number of nitrogens with zero attached hydrogens (tertiary/aromatic N) is 3. The van der Waals surface area contributed by atoms with Gasteiger partial charge in [0, 0.05) is 43.4 Å². The van der Waals surface area contributed by atoms with Crippen molar-refractivity contribution >= 4 is 34.6 Å². The molecule has 1 saturated heterocycles. The van der Waals surface area contributed by atoms with Crippen LogP contribution in [0.25, 0.3) is 0 Å². The SMILES string of the molecule is Cc1c(Cl)cccc1NC(=S)N1CCN(Cc2ccc(C#N)cc2)CC1. The molecule has 1 N–H and O–H groups in total. The molecular weight excluding hydrogens is 364 g/mol. The Balaban J connectivity index is 1.52. The van der Waals surface area contributed by atoms with Gasteiger partial charge in [-0.25, -0.2) is 0 Å². The molecule has 134 valence electrons. The minimum atomic E-state index is 0.700. The van der Waals surface area contributed by atoms with Gasteiger partial charge in [-0.1, -0.05) is 29.8 Å². The Hall–Kier alpha value is -2.13. The second kappa shape index (κ2) is 8.50. The highest BCUT2D eigenvalue weighted by molar-refractivity contribution is 7.80. The predicted octanol–water partition coefficient (Wildman–Crippen LogP) is 4.03. The van der Waals surface area contributed by atoms with Crippen molar-refractivity contribution in [3.8, 4) is 6.07 Å². The fourth-order valence-corrected chi connectivity index (χ4v) is 3.46. The maximum Gasteiger partial charge on any atom is 0.173 e. The molecule has 0 unspecified atom stereocenters. The standard InChI is InChI=1S/C20H21ClN4S/c1-15-18(21)3-2-4-19(15)23-20(26)25-11-9-24(10-12-25)14-17-7-5-16(13-22)6-8-17/h2-8H,9-12,14H2,1H3,(H,23,26). The van der Waals surface area contributed by atoms with E-state index in [1.807, 2.05) is 49.4 Å². The van der Waals surface area contributed by atoms with E-state index in [4.69, 9.17) is 29.1 Å². The highest BCUT2D eigenvalue weighted by Gasteiger charge is 2.19. The summed E-state index contributed by atoms with van der Waals surface area (Å²) in [6.07, 6.45) is 0. The highest BCUT2D eigenvalue weighted by atomic mass is 35.5. The maximum atomic E-state index is 8.88. The van der Waals surface area contributed by atoms with Gasteiger partial charge in [0.1, 0.15) is 0 Å². The molecule has 6 heteroatoms. The molecule has 2 aromatic rings. The van der Waals surface area contributed by atoms with Crippen LogP contribution in [0, 0.1) is 18.3 Å². The number of nitrogens with one attached hydrogen (secondary N) is 1. The Morgan fingerprint density at radius 3 is 2.50 bits per heavy atom. The monoisotopic (exact) mass is 384 g/mol. The van der Waals surface area contributed by atoms with E-state index in [-0.39, 0.29) is 0 Å². The van der Waals surface area contributed by atoms with E-state index in [0.29, 0.717) is 5.56 Å².